The van der Waals surface area contributed by atoms with Crippen LogP contribution in [0.1, 0.15) is 13.8 Å². The highest BCUT2D eigenvalue weighted by molar-refractivity contribution is 5.93. The Balaban J connectivity index is 3.05. The van der Waals surface area contributed by atoms with E-state index in [1.807, 2.05) is 0 Å². The Morgan fingerprint density at radius 2 is 1.95 bits per heavy atom. The van der Waals surface area contributed by atoms with Crippen LogP contribution in [-0.4, -0.2) is 17.5 Å². The molecule has 102 valence electrons. The van der Waals surface area contributed by atoms with Crippen LogP contribution in [0, 0.1) is 0 Å². The summed E-state index contributed by atoms with van der Waals surface area (Å²) >= 11 is 0. The number of hydrogen-bond donors (Lipinski definition) is 1. The fourth-order valence-corrected chi connectivity index (χ4v) is 1.24. The molecule has 0 heterocycles. The van der Waals surface area contributed by atoms with Gasteiger partial charge in [0.25, 0.3) is 0 Å². The van der Waals surface area contributed by atoms with E-state index in [9.17, 15) is 18.7 Å². The lowest BCUT2D eigenvalue weighted by atomic mass is 10.3. The number of allylic oxidation sites excluding steroid dienone is 2. The molecule has 0 fully saturated rings. The van der Waals surface area contributed by atoms with Gasteiger partial charge in [0, 0.05) is 6.92 Å². The van der Waals surface area contributed by atoms with E-state index in [1.54, 1.807) is 6.07 Å². The third-order valence-electron chi connectivity index (χ3n) is 2.02. The molecule has 0 radical (unpaired) electrons. The molecule has 0 aliphatic heterocycles. The molecular weight excluding hydrogens is 258 g/mol. The van der Waals surface area contributed by atoms with E-state index in [-0.39, 0.29) is 22.9 Å². The zero-order chi connectivity index (χ0) is 14.4. The van der Waals surface area contributed by atoms with E-state index in [0.29, 0.717) is 0 Å². The van der Waals surface area contributed by atoms with Gasteiger partial charge in [-0.05, 0) is 19.1 Å². The first-order chi connectivity index (χ1) is 8.91. The molecule has 0 atom stereocenters. The van der Waals surface area contributed by atoms with Gasteiger partial charge in [-0.15, -0.1) is 10.2 Å². The lowest BCUT2D eigenvalue weighted by Gasteiger charge is -2.06. The number of benzene rings is 1. The fourth-order valence-electron chi connectivity index (χ4n) is 1.24. The summed E-state index contributed by atoms with van der Waals surface area (Å²) in [5, 5.41) is 16.4. The predicted octanol–water partition coefficient (Wildman–Crippen LogP) is 3.75. The first-order valence-electron chi connectivity index (χ1n) is 5.28. The van der Waals surface area contributed by atoms with E-state index in [2.05, 4.69) is 15.0 Å². The van der Waals surface area contributed by atoms with Crippen molar-refractivity contribution in [3.05, 3.63) is 35.7 Å². The number of azo groups is 1. The summed E-state index contributed by atoms with van der Waals surface area (Å²) in [6, 6.07) is 5.74. The molecule has 0 saturated heterocycles. The minimum atomic E-state index is -2.99. The summed E-state index contributed by atoms with van der Waals surface area (Å²) in [7, 11) is 0. The van der Waals surface area contributed by atoms with Crippen molar-refractivity contribution in [3.63, 3.8) is 0 Å². The van der Waals surface area contributed by atoms with Gasteiger partial charge in [-0.3, -0.25) is 4.79 Å². The first kappa shape index (κ1) is 14.7. The summed E-state index contributed by atoms with van der Waals surface area (Å²) in [5.74, 6) is -0.959. The van der Waals surface area contributed by atoms with Gasteiger partial charge < -0.3 is 9.84 Å². The third-order valence-corrected chi connectivity index (χ3v) is 2.02. The van der Waals surface area contributed by atoms with Crippen molar-refractivity contribution in [2.45, 2.75) is 20.5 Å². The number of ketones is 1. The SMILES string of the molecule is CC(=O)C(N=Nc1ccccc1OC(F)F)=C(C)O. The van der Waals surface area contributed by atoms with Crippen molar-refractivity contribution in [3.8, 4) is 5.75 Å². The Labute approximate surface area is 108 Å². The van der Waals surface area contributed by atoms with Gasteiger partial charge in [-0.2, -0.15) is 8.78 Å². The number of para-hydroxylation sites is 1. The summed E-state index contributed by atoms with van der Waals surface area (Å²) < 4.78 is 28.6. The molecular formula is C12H12F2N2O3. The van der Waals surface area contributed by atoms with Crippen molar-refractivity contribution < 1.29 is 23.4 Å². The fraction of sp³-hybridized carbons (Fsp3) is 0.250. The summed E-state index contributed by atoms with van der Waals surface area (Å²) in [6.07, 6.45) is 0. The van der Waals surface area contributed by atoms with Crippen molar-refractivity contribution >= 4 is 11.5 Å². The molecule has 1 rings (SSSR count). The highest BCUT2D eigenvalue weighted by Gasteiger charge is 2.10. The Morgan fingerprint density at radius 3 is 2.47 bits per heavy atom. The van der Waals surface area contributed by atoms with Crippen molar-refractivity contribution in [1.82, 2.24) is 0 Å². The van der Waals surface area contributed by atoms with Crippen LogP contribution in [0.3, 0.4) is 0 Å². The maximum Gasteiger partial charge on any atom is 0.387 e. The van der Waals surface area contributed by atoms with Crippen LogP contribution in [0.2, 0.25) is 0 Å². The summed E-state index contributed by atoms with van der Waals surface area (Å²) in [6.45, 7) is -0.508. The zero-order valence-electron chi connectivity index (χ0n) is 10.3. The third kappa shape index (κ3) is 4.46. The number of hydrogen-bond acceptors (Lipinski definition) is 5. The maximum atomic E-state index is 12.2. The second-order valence-corrected chi connectivity index (χ2v) is 3.54. The lowest BCUT2D eigenvalue weighted by Crippen LogP contribution is -2.01. The molecule has 7 heteroatoms. The Morgan fingerprint density at radius 1 is 1.32 bits per heavy atom. The van der Waals surface area contributed by atoms with Gasteiger partial charge in [-0.25, -0.2) is 0 Å². The largest absolute Gasteiger partial charge is 0.510 e. The molecule has 19 heavy (non-hydrogen) atoms. The minimum Gasteiger partial charge on any atom is -0.510 e. The lowest BCUT2D eigenvalue weighted by molar-refractivity contribution is -0.113. The van der Waals surface area contributed by atoms with Crippen LogP contribution in [0.4, 0.5) is 14.5 Å². The van der Waals surface area contributed by atoms with Gasteiger partial charge >= 0.3 is 6.61 Å². The molecule has 1 N–H and O–H groups in total. The number of Topliss-reactive ketones (excluding diaryl/α,β-unsaturated/α-hetero) is 1. The second kappa shape index (κ2) is 6.58. The molecule has 0 saturated carbocycles. The smallest absolute Gasteiger partial charge is 0.387 e. The monoisotopic (exact) mass is 270 g/mol. The standard InChI is InChI=1S/C12H12F2N2O3/c1-7(17)11(8(2)18)16-15-9-5-3-4-6-10(9)19-12(13)14/h3-6,12,17H,1-2H3. The van der Waals surface area contributed by atoms with E-state index in [1.165, 1.54) is 32.0 Å². The second-order valence-electron chi connectivity index (χ2n) is 3.54. The predicted molar refractivity (Wildman–Crippen MR) is 63.6 cm³/mol. The number of ether oxygens (including phenoxy) is 1. The molecule has 0 aromatic heterocycles. The molecule has 0 aliphatic rings. The Bertz CT molecular complexity index is 523. The van der Waals surface area contributed by atoms with Crippen LogP contribution in [0.15, 0.2) is 46.0 Å². The van der Waals surface area contributed by atoms with Crippen LogP contribution in [-0.2, 0) is 4.79 Å². The van der Waals surface area contributed by atoms with Crippen molar-refractivity contribution in [1.29, 1.82) is 0 Å². The first-order valence-corrected chi connectivity index (χ1v) is 5.28. The van der Waals surface area contributed by atoms with Gasteiger partial charge in [0.15, 0.2) is 17.2 Å². The number of carbonyl (C=O) groups excluding carboxylic acids is 1. The number of rotatable bonds is 5. The highest BCUT2D eigenvalue weighted by atomic mass is 19.3. The minimum absolute atomic E-state index is 0.0304. The van der Waals surface area contributed by atoms with E-state index >= 15 is 0 Å². The normalized spacial score (nSPS) is 12.7. The quantitative estimate of drug-likeness (QED) is 0.503. The molecule has 0 unspecified atom stereocenters. The van der Waals surface area contributed by atoms with Crippen molar-refractivity contribution in [2.75, 3.05) is 0 Å². The summed E-state index contributed by atoms with van der Waals surface area (Å²) in [4.78, 5) is 11.1. The van der Waals surface area contributed by atoms with E-state index in [0.717, 1.165) is 0 Å². The molecule has 0 spiro atoms. The van der Waals surface area contributed by atoms with Gasteiger partial charge in [-0.1, -0.05) is 12.1 Å². The topological polar surface area (TPSA) is 71.2 Å². The number of carbonyl (C=O) groups is 1. The number of alkyl halides is 2. The number of nitrogens with zero attached hydrogens (tertiary/aromatic N) is 2. The molecule has 0 amide bonds. The molecule has 1 aromatic rings. The van der Waals surface area contributed by atoms with Crippen LogP contribution >= 0.6 is 0 Å². The molecule has 5 nitrogen and oxygen atoms in total. The molecule has 0 aliphatic carbocycles. The number of halogens is 2. The molecule has 1 aromatic carbocycles. The molecule has 0 bridgehead atoms. The Kier molecular flexibility index (Phi) is 5.11. The van der Waals surface area contributed by atoms with E-state index in [4.69, 9.17) is 0 Å². The average molecular weight is 270 g/mol. The summed E-state index contributed by atoms with van der Waals surface area (Å²) in [5.41, 5.74) is -0.213. The van der Waals surface area contributed by atoms with Crippen molar-refractivity contribution in [2.24, 2.45) is 10.2 Å². The number of aliphatic hydroxyl groups excluding tert-OH is 1. The van der Waals surface area contributed by atoms with Crippen LogP contribution in [0.25, 0.3) is 0 Å². The average Bonchev–Trinajstić information content (AvgIpc) is 2.29. The number of aliphatic hydroxyl groups is 1. The Hall–Kier alpha value is -2.31. The van der Waals surface area contributed by atoms with Gasteiger partial charge in [0.05, 0.1) is 0 Å². The van der Waals surface area contributed by atoms with Crippen LogP contribution in [0.5, 0.6) is 5.75 Å². The maximum absolute atomic E-state index is 12.2. The van der Waals surface area contributed by atoms with Gasteiger partial charge in [0.2, 0.25) is 0 Å². The van der Waals surface area contributed by atoms with E-state index < -0.39 is 12.4 Å². The van der Waals surface area contributed by atoms with Crippen LogP contribution < -0.4 is 4.74 Å². The van der Waals surface area contributed by atoms with Gasteiger partial charge in [0.1, 0.15) is 11.4 Å². The highest BCUT2D eigenvalue weighted by Crippen LogP contribution is 2.29. The zero-order valence-corrected chi connectivity index (χ0v) is 10.3.